The van der Waals surface area contributed by atoms with E-state index in [4.69, 9.17) is 9.97 Å². The van der Waals surface area contributed by atoms with Crippen molar-refractivity contribution >= 4 is 92.8 Å². The summed E-state index contributed by atoms with van der Waals surface area (Å²) in [5, 5.41) is 14.0. The normalized spacial score (nSPS) is 11.9. The highest BCUT2D eigenvalue weighted by Crippen LogP contribution is 2.42. The van der Waals surface area contributed by atoms with Crippen LogP contribution in [0.2, 0.25) is 0 Å². The number of hydrogen-bond acceptors (Lipinski definition) is 3. The van der Waals surface area contributed by atoms with Crippen LogP contribution in [0.4, 0.5) is 0 Å². The van der Waals surface area contributed by atoms with Gasteiger partial charge in [-0.15, -0.1) is 11.3 Å². The maximum atomic E-state index is 5.32. The molecule has 0 aliphatic carbocycles. The second kappa shape index (κ2) is 14.9. The zero-order valence-electron chi connectivity index (χ0n) is 33.7. The first-order valence-electron chi connectivity index (χ1n) is 21.1. The monoisotopic (exact) mass is 822 g/mol. The molecule has 0 amide bonds. The molecule has 62 heavy (non-hydrogen) atoms. The predicted molar refractivity (Wildman–Crippen MR) is 267 cm³/mol. The Morgan fingerprint density at radius 3 is 1.35 bits per heavy atom. The third kappa shape index (κ3) is 5.83. The lowest BCUT2D eigenvalue weighted by atomic mass is 9.91. The Morgan fingerprint density at radius 2 is 0.742 bits per heavy atom. The van der Waals surface area contributed by atoms with E-state index in [0.717, 1.165) is 32.9 Å². The summed E-state index contributed by atoms with van der Waals surface area (Å²) < 4.78 is 2.34. The first-order chi connectivity index (χ1) is 30.7. The van der Waals surface area contributed by atoms with E-state index in [2.05, 4.69) is 231 Å². The fourth-order valence-corrected chi connectivity index (χ4v) is 15.7. The van der Waals surface area contributed by atoms with Crippen molar-refractivity contribution in [3.8, 4) is 33.8 Å². The number of benzene rings is 10. The Morgan fingerprint density at radius 1 is 0.306 bits per heavy atom. The number of aromatic nitrogens is 2. The molecule has 4 heteroatoms. The van der Waals surface area contributed by atoms with E-state index in [1.165, 1.54) is 74.3 Å². The van der Waals surface area contributed by atoms with Crippen LogP contribution in [0.1, 0.15) is 0 Å². The van der Waals surface area contributed by atoms with Crippen molar-refractivity contribution in [2.45, 2.75) is 0 Å². The van der Waals surface area contributed by atoms with E-state index in [-0.39, 0.29) is 0 Å². The molecule has 10 aromatic carbocycles. The van der Waals surface area contributed by atoms with Gasteiger partial charge in [-0.25, -0.2) is 9.97 Å². The van der Waals surface area contributed by atoms with Crippen molar-refractivity contribution < 1.29 is 0 Å². The van der Waals surface area contributed by atoms with E-state index >= 15 is 0 Å². The largest absolute Gasteiger partial charge is 0.226 e. The van der Waals surface area contributed by atoms with Crippen molar-refractivity contribution in [2.75, 3.05) is 0 Å². The number of hydrogen-bond donors (Lipinski definition) is 0. The lowest BCUT2D eigenvalue weighted by molar-refractivity contribution is 1.24. The SMILES string of the molecule is c1ccc(-c2nc(-c3ccc4c5cc(-c6ccc([Si](c7ccccc7)(c7ccccc7)c7ccccc7)cc6)ccc5c5ccccc5c4c3)nc3c2sc2ccccc23)cc1. The molecule has 0 fully saturated rings. The molecule has 2 aromatic heterocycles. The summed E-state index contributed by atoms with van der Waals surface area (Å²) in [6.07, 6.45) is 0. The van der Waals surface area contributed by atoms with Crippen molar-refractivity contribution in [1.82, 2.24) is 9.97 Å². The molecule has 0 spiro atoms. The first kappa shape index (κ1) is 36.4. The third-order valence-electron chi connectivity index (χ3n) is 12.6. The summed E-state index contributed by atoms with van der Waals surface area (Å²) in [5.74, 6) is 0.737. The second-order valence-corrected chi connectivity index (χ2v) is 20.9. The van der Waals surface area contributed by atoms with Crippen molar-refractivity contribution in [1.29, 1.82) is 0 Å². The van der Waals surface area contributed by atoms with Gasteiger partial charge < -0.3 is 0 Å². The molecule has 0 bridgehead atoms. The number of fused-ring (bicyclic) bond motifs is 9. The van der Waals surface area contributed by atoms with E-state index in [1.54, 1.807) is 11.3 Å². The highest BCUT2D eigenvalue weighted by atomic mass is 32.1. The van der Waals surface area contributed by atoms with Gasteiger partial charge in [0, 0.05) is 21.2 Å². The minimum absolute atomic E-state index is 0.737. The Kier molecular flexibility index (Phi) is 8.73. The van der Waals surface area contributed by atoms with Crippen molar-refractivity contribution in [2.24, 2.45) is 0 Å². The van der Waals surface area contributed by atoms with Crippen LogP contribution in [0.5, 0.6) is 0 Å². The van der Waals surface area contributed by atoms with E-state index in [1.807, 2.05) is 0 Å². The number of rotatable bonds is 7. The van der Waals surface area contributed by atoms with E-state index < -0.39 is 8.07 Å². The Bertz CT molecular complexity index is 3510. The van der Waals surface area contributed by atoms with Gasteiger partial charge in [0.15, 0.2) is 13.9 Å². The topological polar surface area (TPSA) is 25.8 Å². The number of thiophene rings is 1. The molecule has 0 atom stereocenters. The summed E-state index contributed by atoms with van der Waals surface area (Å²) in [4.78, 5) is 10.6. The molecular formula is C58H38N2SSi. The molecule has 0 aliphatic heterocycles. The quantitative estimate of drug-likeness (QED) is 0.0909. The lowest BCUT2D eigenvalue weighted by Crippen LogP contribution is -2.74. The Hall–Kier alpha value is -7.50. The first-order valence-corrected chi connectivity index (χ1v) is 24.0. The summed E-state index contributed by atoms with van der Waals surface area (Å²) >= 11 is 1.77. The molecular weight excluding hydrogens is 785 g/mol. The molecule has 12 aromatic rings. The minimum atomic E-state index is -2.63. The minimum Gasteiger partial charge on any atom is -0.226 e. The molecule has 2 nitrogen and oxygen atoms in total. The van der Waals surface area contributed by atoms with Gasteiger partial charge in [0.25, 0.3) is 0 Å². The molecule has 0 N–H and O–H groups in total. The molecule has 0 saturated heterocycles. The van der Waals surface area contributed by atoms with Crippen LogP contribution < -0.4 is 20.7 Å². The molecule has 0 aliphatic rings. The van der Waals surface area contributed by atoms with Crippen LogP contribution in [-0.2, 0) is 0 Å². The zero-order valence-corrected chi connectivity index (χ0v) is 35.6. The molecule has 12 rings (SSSR count). The zero-order chi connectivity index (χ0) is 41.0. The smallest absolute Gasteiger partial charge is 0.179 e. The average molecular weight is 823 g/mol. The molecule has 290 valence electrons. The van der Waals surface area contributed by atoms with Crippen LogP contribution in [0.25, 0.3) is 86.4 Å². The lowest BCUT2D eigenvalue weighted by Gasteiger charge is -2.34. The summed E-state index contributed by atoms with van der Waals surface area (Å²) in [6, 6.07) is 84.5. The van der Waals surface area contributed by atoms with Gasteiger partial charge in [-0.2, -0.15) is 0 Å². The highest BCUT2D eigenvalue weighted by Gasteiger charge is 2.41. The maximum Gasteiger partial charge on any atom is 0.179 e. The van der Waals surface area contributed by atoms with Crippen molar-refractivity contribution in [3.63, 3.8) is 0 Å². The summed E-state index contributed by atoms with van der Waals surface area (Å²) in [6.45, 7) is 0. The fourth-order valence-electron chi connectivity index (χ4n) is 9.76. The highest BCUT2D eigenvalue weighted by molar-refractivity contribution is 7.26. The van der Waals surface area contributed by atoms with Crippen LogP contribution in [-0.4, -0.2) is 18.0 Å². The van der Waals surface area contributed by atoms with Gasteiger partial charge in [0.05, 0.1) is 15.9 Å². The third-order valence-corrected chi connectivity index (χ3v) is 18.6. The Balaban J connectivity index is 1.02. The van der Waals surface area contributed by atoms with Gasteiger partial charge >= 0.3 is 0 Å². The standard InChI is InChI=1S/C58H38N2SSi/c1-5-17-40(18-6-1)55-57-56(51-27-15-16-28-54(51)61-57)60-58(59-55)42-32-36-50-52-37-41(31-35-49(52)47-25-13-14-26-48(47)53(50)38-42)39-29-33-46(34-30-39)62(43-19-7-2-8-20-43,44-21-9-3-10-22-44)45-23-11-4-12-24-45/h1-38H. The van der Waals surface area contributed by atoms with E-state index in [0.29, 0.717) is 0 Å². The van der Waals surface area contributed by atoms with Gasteiger partial charge in [0.1, 0.15) is 0 Å². The van der Waals surface area contributed by atoms with Crippen LogP contribution in [0.3, 0.4) is 0 Å². The van der Waals surface area contributed by atoms with E-state index in [9.17, 15) is 0 Å². The van der Waals surface area contributed by atoms with Crippen LogP contribution >= 0.6 is 11.3 Å². The molecule has 0 radical (unpaired) electrons. The molecule has 2 heterocycles. The van der Waals surface area contributed by atoms with Crippen molar-refractivity contribution in [3.05, 3.63) is 231 Å². The van der Waals surface area contributed by atoms with Crippen LogP contribution in [0, 0.1) is 0 Å². The second-order valence-electron chi connectivity index (χ2n) is 16.0. The van der Waals surface area contributed by atoms with Gasteiger partial charge in [-0.05, 0) is 82.4 Å². The van der Waals surface area contributed by atoms with Crippen LogP contribution in [0.15, 0.2) is 231 Å². The number of nitrogens with zero attached hydrogens (tertiary/aromatic N) is 2. The molecule has 0 saturated carbocycles. The summed E-state index contributed by atoms with van der Waals surface area (Å²) in [5.41, 5.74) is 6.47. The Labute approximate surface area is 365 Å². The maximum absolute atomic E-state index is 5.32. The van der Waals surface area contributed by atoms with Gasteiger partial charge in [-0.1, -0.05) is 212 Å². The molecule has 0 unspecified atom stereocenters. The van der Waals surface area contributed by atoms with Gasteiger partial charge in [-0.3, -0.25) is 0 Å². The summed E-state index contributed by atoms with van der Waals surface area (Å²) in [7, 11) is -2.63. The predicted octanol–water partition coefficient (Wildman–Crippen LogP) is 12.7. The van der Waals surface area contributed by atoms with Gasteiger partial charge in [0.2, 0.25) is 0 Å². The fraction of sp³-hybridized carbons (Fsp3) is 0. The average Bonchev–Trinajstić information content (AvgIpc) is 3.74.